The lowest BCUT2D eigenvalue weighted by molar-refractivity contribution is 0.967. The van der Waals surface area contributed by atoms with Crippen molar-refractivity contribution in [3.05, 3.63) is 60.9 Å². The fourth-order valence-electron chi connectivity index (χ4n) is 3.33. The second-order valence-electron chi connectivity index (χ2n) is 5.96. The largest absolute Gasteiger partial charge is 0.329 e. The molecule has 0 N–H and O–H groups in total. The van der Waals surface area contributed by atoms with Crippen molar-refractivity contribution < 1.29 is 0 Å². The van der Waals surface area contributed by atoms with E-state index < -0.39 is 0 Å². The molecular weight excluding hydrogens is 348 g/mol. The lowest BCUT2D eigenvalue weighted by Crippen LogP contribution is -2.21. The Labute approximate surface area is 155 Å². The standard InChI is InChI=1S/C19H16N4S2/c1-13-23(17-8-4-10-21-19(17)25-13)15-6-2-5-14(11-15)22-12-24-18-16(22)7-3-9-20-18/h2-11,13H,12H2,1H3. The van der Waals surface area contributed by atoms with E-state index in [9.17, 15) is 0 Å². The average molecular weight is 364 g/mol. The molecular formula is C19H16N4S2. The van der Waals surface area contributed by atoms with E-state index in [4.69, 9.17) is 0 Å². The minimum atomic E-state index is 0.335. The Hall–Kier alpha value is -2.18. The first-order valence-electron chi connectivity index (χ1n) is 8.17. The molecule has 0 aliphatic carbocycles. The number of fused-ring (bicyclic) bond motifs is 2. The predicted molar refractivity (Wildman–Crippen MR) is 105 cm³/mol. The van der Waals surface area contributed by atoms with Gasteiger partial charge in [-0.3, -0.25) is 0 Å². The maximum absolute atomic E-state index is 4.51. The Morgan fingerprint density at radius 2 is 1.68 bits per heavy atom. The molecule has 0 amide bonds. The van der Waals surface area contributed by atoms with Crippen molar-refractivity contribution in [2.24, 2.45) is 0 Å². The van der Waals surface area contributed by atoms with Crippen LogP contribution in [0.5, 0.6) is 0 Å². The van der Waals surface area contributed by atoms with Gasteiger partial charge in [0.05, 0.1) is 22.6 Å². The molecule has 2 aliphatic rings. The van der Waals surface area contributed by atoms with Crippen LogP contribution < -0.4 is 9.80 Å². The summed E-state index contributed by atoms with van der Waals surface area (Å²) in [6.07, 6.45) is 3.72. The third-order valence-electron chi connectivity index (χ3n) is 4.45. The van der Waals surface area contributed by atoms with Crippen molar-refractivity contribution in [1.29, 1.82) is 0 Å². The van der Waals surface area contributed by atoms with E-state index in [0.29, 0.717) is 5.37 Å². The smallest absolute Gasteiger partial charge is 0.122 e. The summed E-state index contributed by atoms with van der Waals surface area (Å²) in [6.45, 7) is 2.23. The van der Waals surface area contributed by atoms with E-state index in [0.717, 1.165) is 15.9 Å². The normalized spacial score (nSPS) is 18.4. The highest BCUT2D eigenvalue weighted by Crippen LogP contribution is 2.47. The quantitative estimate of drug-likeness (QED) is 0.616. The van der Waals surface area contributed by atoms with E-state index in [1.165, 1.54) is 22.7 Å². The van der Waals surface area contributed by atoms with Gasteiger partial charge >= 0.3 is 0 Å². The topological polar surface area (TPSA) is 32.3 Å². The first-order valence-corrected chi connectivity index (χ1v) is 10.0. The van der Waals surface area contributed by atoms with Gasteiger partial charge in [0.1, 0.15) is 10.1 Å². The first kappa shape index (κ1) is 15.1. The zero-order chi connectivity index (χ0) is 16.8. The van der Waals surface area contributed by atoms with E-state index in [-0.39, 0.29) is 0 Å². The molecule has 0 fully saturated rings. The van der Waals surface area contributed by atoms with Crippen LogP contribution in [0, 0.1) is 0 Å². The van der Waals surface area contributed by atoms with Gasteiger partial charge in [0, 0.05) is 23.8 Å². The van der Waals surface area contributed by atoms with E-state index >= 15 is 0 Å². The lowest BCUT2D eigenvalue weighted by atomic mass is 10.2. The molecule has 1 atom stereocenters. The molecule has 1 unspecified atom stereocenters. The Morgan fingerprint density at radius 3 is 2.56 bits per heavy atom. The molecule has 0 saturated carbocycles. The molecule has 0 radical (unpaired) electrons. The molecule has 0 spiro atoms. The zero-order valence-corrected chi connectivity index (χ0v) is 15.3. The van der Waals surface area contributed by atoms with E-state index in [1.54, 1.807) is 11.8 Å². The van der Waals surface area contributed by atoms with Crippen LogP contribution in [-0.4, -0.2) is 21.2 Å². The van der Waals surface area contributed by atoms with Crippen LogP contribution in [0.4, 0.5) is 22.7 Å². The predicted octanol–water partition coefficient (Wildman–Crippen LogP) is 5.27. The van der Waals surface area contributed by atoms with Crippen molar-refractivity contribution >= 4 is 46.3 Å². The summed E-state index contributed by atoms with van der Waals surface area (Å²) in [6, 6.07) is 17.0. The number of hydrogen-bond donors (Lipinski definition) is 0. The number of rotatable bonds is 2. The summed E-state index contributed by atoms with van der Waals surface area (Å²) < 4.78 is 0. The van der Waals surface area contributed by atoms with Crippen molar-refractivity contribution in [3.63, 3.8) is 0 Å². The summed E-state index contributed by atoms with van der Waals surface area (Å²) in [5.74, 6) is 0.901. The van der Waals surface area contributed by atoms with Crippen LogP contribution in [-0.2, 0) is 0 Å². The number of hydrogen-bond acceptors (Lipinski definition) is 6. The fraction of sp³-hybridized carbons (Fsp3) is 0.158. The highest BCUT2D eigenvalue weighted by Gasteiger charge is 2.29. The molecule has 124 valence electrons. The molecule has 5 rings (SSSR count). The summed E-state index contributed by atoms with van der Waals surface area (Å²) >= 11 is 3.59. The van der Waals surface area contributed by atoms with Gasteiger partial charge < -0.3 is 9.80 Å². The maximum Gasteiger partial charge on any atom is 0.122 e. The van der Waals surface area contributed by atoms with Crippen LogP contribution in [0.1, 0.15) is 6.92 Å². The average Bonchev–Trinajstić information content (AvgIpc) is 3.22. The monoisotopic (exact) mass is 364 g/mol. The van der Waals surface area contributed by atoms with Gasteiger partial charge in [0.2, 0.25) is 0 Å². The van der Waals surface area contributed by atoms with Gasteiger partial charge in [-0.1, -0.05) is 29.6 Å². The van der Waals surface area contributed by atoms with Crippen LogP contribution >= 0.6 is 23.5 Å². The van der Waals surface area contributed by atoms with Gasteiger partial charge in [-0.25, -0.2) is 9.97 Å². The summed E-state index contributed by atoms with van der Waals surface area (Å²) in [5, 5.41) is 2.54. The third kappa shape index (κ3) is 2.48. The van der Waals surface area contributed by atoms with Crippen molar-refractivity contribution in [2.75, 3.05) is 15.7 Å². The molecule has 6 heteroatoms. The molecule has 2 aliphatic heterocycles. The number of thioether (sulfide) groups is 2. The summed E-state index contributed by atoms with van der Waals surface area (Å²) in [4.78, 5) is 13.7. The van der Waals surface area contributed by atoms with Crippen molar-refractivity contribution in [2.45, 2.75) is 22.3 Å². The molecule has 4 nitrogen and oxygen atoms in total. The van der Waals surface area contributed by atoms with Crippen LogP contribution in [0.3, 0.4) is 0 Å². The first-order chi connectivity index (χ1) is 12.3. The van der Waals surface area contributed by atoms with E-state index in [1.807, 2.05) is 36.3 Å². The second-order valence-corrected chi connectivity index (χ2v) is 8.20. The molecule has 25 heavy (non-hydrogen) atoms. The number of aromatic nitrogens is 2. The summed E-state index contributed by atoms with van der Waals surface area (Å²) in [7, 11) is 0. The van der Waals surface area contributed by atoms with Gasteiger partial charge in [-0.15, -0.1) is 0 Å². The molecule has 1 aromatic carbocycles. The van der Waals surface area contributed by atoms with Gasteiger partial charge in [-0.2, -0.15) is 0 Å². The van der Waals surface area contributed by atoms with Gasteiger partial charge in [0.25, 0.3) is 0 Å². The Bertz CT molecular complexity index is 946. The third-order valence-corrected chi connectivity index (χ3v) is 6.51. The Morgan fingerprint density at radius 1 is 0.920 bits per heavy atom. The SMILES string of the molecule is CC1Sc2ncccc2N1c1cccc(N2CSc3ncccc32)c1. The Balaban J connectivity index is 1.55. The van der Waals surface area contributed by atoms with E-state index in [2.05, 4.69) is 63.1 Å². The zero-order valence-electron chi connectivity index (χ0n) is 13.7. The Kier molecular flexibility index (Phi) is 3.60. The van der Waals surface area contributed by atoms with Gasteiger partial charge in [0.15, 0.2) is 0 Å². The van der Waals surface area contributed by atoms with Crippen molar-refractivity contribution in [3.8, 4) is 0 Å². The number of pyridine rings is 2. The van der Waals surface area contributed by atoms with Crippen LogP contribution in [0.2, 0.25) is 0 Å². The minimum absolute atomic E-state index is 0.335. The number of nitrogens with zero attached hydrogens (tertiary/aromatic N) is 4. The number of benzene rings is 1. The molecule has 4 heterocycles. The molecule has 2 aromatic heterocycles. The molecule has 0 saturated heterocycles. The number of anilines is 4. The molecule has 0 bridgehead atoms. The fourth-order valence-corrected chi connectivity index (χ4v) is 5.41. The molecule has 3 aromatic rings. The summed E-state index contributed by atoms with van der Waals surface area (Å²) in [5.41, 5.74) is 4.78. The maximum atomic E-state index is 4.51. The highest BCUT2D eigenvalue weighted by molar-refractivity contribution is 8.00. The lowest BCUT2D eigenvalue weighted by Gasteiger charge is -2.26. The van der Waals surface area contributed by atoms with Gasteiger partial charge in [-0.05, 0) is 49.4 Å². The van der Waals surface area contributed by atoms with Crippen LogP contribution in [0.15, 0.2) is 71.0 Å². The van der Waals surface area contributed by atoms with Crippen LogP contribution in [0.25, 0.3) is 0 Å². The highest BCUT2D eigenvalue weighted by atomic mass is 32.2. The second kappa shape index (κ2) is 5.97. The minimum Gasteiger partial charge on any atom is -0.329 e. The van der Waals surface area contributed by atoms with Crippen molar-refractivity contribution in [1.82, 2.24) is 9.97 Å².